The highest BCUT2D eigenvalue weighted by atomic mass is 31.2. The van der Waals surface area contributed by atoms with Crippen LogP contribution in [-0.2, 0) is 18.3 Å². The van der Waals surface area contributed by atoms with Crippen molar-refractivity contribution < 1.29 is 23.5 Å². The van der Waals surface area contributed by atoms with Crippen LogP contribution in [0.3, 0.4) is 0 Å². The number of aliphatic hydroxyl groups excluding tert-OH is 1. The van der Waals surface area contributed by atoms with Gasteiger partial charge in [-0.3, -0.25) is 9.46 Å². The van der Waals surface area contributed by atoms with E-state index in [1.165, 1.54) is 12.8 Å². The molecule has 3 aliphatic rings. The summed E-state index contributed by atoms with van der Waals surface area (Å²) < 4.78 is 33.1. The first kappa shape index (κ1) is 28.6. The van der Waals surface area contributed by atoms with Crippen LogP contribution in [0.1, 0.15) is 80.1 Å². The molecule has 0 aromatic heterocycles. The summed E-state index contributed by atoms with van der Waals surface area (Å²) in [7, 11) is -3.50. The predicted octanol–water partition coefficient (Wildman–Crippen LogP) is 5.83. The van der Waals surface area contributed by atoms with E-state index < -0.39 is 13.7 Å². The van der Waals surface area contributed by atoms with E-state index in [4.69, 9.17) is 13.8 Å². The van der Waals surface area contributed by atoms with Gasteiger partial charge in [-0.05, 0) is 61.2 Å². The Morgan fingerprint density at radius 3 is 1.79 bits per heavy atom. The van der Waals surface area contributed by atoms with Crippen molar-refractivity contribution in [1.82, 2.24) is 4.90 Å². The average Bonchev–Trinajstić information content (AvgIpc) is 2.73. The Morgan fingerprint density at radius 2 is 1.35 bits per heavy atom. The SMILES string of the molecule is CC(C)[C@H]1CC[C@@H](C)C[C@H]1OP(=O)(C[C@H](O)CN1CCOCC1)O[C@@H]1C[C@@H](C)CC[C@@H]1C(C)C. The first-order valence-corrected chi connectivity index (χ1v) is 15.7. The molecule has 0 amide bonds. The van der Waals surface area contributed by atoms with Crippen molar-refractivity contribution in [1.29, 1.82) is 0 Å². The van der Waals surface area contributed by atoms with Gasteiger partial charge in [-0.1, -0.05) is 54.4 Å². The van der Waals surface area contributed by atoms with Crippen molar-refractivity contribution in [3.05, 3.63) is 0 Å². The van der Waals surface area contributed by atoms with Crippen molar-refractivity contribution in [2.45, 2.75) is 98.4 Å². The molecule has 1 aliphatic heterocycles. The normalized spacial score (nSPS) is 36.5. The number of morpholine rings is 1. The van der Waals surface area contributed by atoms with Crippen molar-refractivity contribution in [2.75, 3.05) is 39.0 Å². The molecular weight excluding hydrogens is 449 g/mol. The summed E-state index contributed by atoms with van der Waals surface area (Å²) >= 11 is 0. The van der Waals surface area contributed by atoms with Crippen LogP contribution in [0.25, 0.3) is 0 Å². The van der Waals surface area contributed by atoms with Crippen molar-refractivity contribution in [3.8, 4) is 0 Å². The van der Waals surface area contributed by atoms with Crippen LogP contribution in [0.15, 0.2) is 0 Å². The van der Waals surface area contributed by atoms with E-state index in [1.54, 1.807) is 0 Å². The second-order valence-electron chi connectivity index (χ2n) is 12.3. The van der Waals surface area contributed by atoms with Gasteiger partial charge < -0.3 is 18.9 Å². The van der Waals surface area contributed by atoms with Gasteiger partial charge in [0, 0.05) is 19.6 Å². The lowest BCUT2D eigenvalue weighted by atomic mass is 9.75. The Kier molecular flexibility index (Phi) is 10.9. The molecule has 3 rings (SSSR count). The van der Waals surface area contributed by atoms with Gasteiger partial charge in [0.15, 0.2) is 0 Å². The Labute approximate surface area is 209 Å². The number of ether oxygens (including phenoxy) is 1. The summed E-state index contributed by atoms with van der Waals surface area (Å²) in [4.78, 5) is 2.19. The van der Waals surface area contributed by atoms with Gasteiger partial charge in [-0.2, -0.15) is 0 Å². The van der Waals surface area contributed by atoms with Gasteiger partial charge in [0.1, 0.15) is 0 Å². The molecule has 1 heterocycles. The van der Waals surface area contributed by atoms with Crippen LogP contribution < -0.4 is 0 Å². The van der Waals surface area contributed by atoms with Crippen LogP contribution in [-0.4, -0.2) is 67.3 Å². The molecule has 2 aliphatic carbocycles. The van der Waals surface area contributed by atoms with E-state index in [-0.39, 0.29) is 18.4 Å². The highest BCUT2D eigenvalue weighted by molar-refractivity contribution is 7.53. The zero-order valence-electron chi connectivity index (χ0n) is 22.7. The van der Waals surface area contributed by atoms with E-state index in [0.29, 0.717) is 55.3 Å². The number of hydrogen-bond acceptors (Lipinski definition) is 6. The molecule has 6 nitrogen and oxygen atoms in total. The largest absolute Gasteiger partial charge is 0.391 e. The molecule has 34 heavy (non-hydrogen) atoms. The Bertz CT molecular complexity index is 615. The molecule has 8 atom stereocenters. The summed E-state index contributed by atoms with van der Waals surface area (Å²) in [6.45, 7) is 17.0. The van der Waals surface area contributed by atoms with E-state index in [9.17, 15) is 9.67 Å². The molecule has 200 valence electrons. The molecule has 3 fully saturated rings. The van der Waals surface area contributed by atoms with Gasteiger partial charge in [0.05, 0.1) is 37.7 Å². The van der Waals surface area contributed by atoms with Crippen LogP contribution in [0.5, 0.6) is 0 Å². The van der Waals surface area contributed by atoms with Crippen molar-refractivity contribution in [2.24, 2.45) is 35.5 Å². The highest BCUT2D eigenvalue weighted by Crippen LogP contribution is 2.56. The average molecular weight is 502 g/mol. The first-order valence-electron chi connectivity index (χ1n) is 14.0. The summed E-state index contributed by atoms with van der Waals surface area (Å²) in [5.41, 5.74) is 0. The maximum Gasteiger partial charge on any atom is 0.333 e. The van der Waals surface area contributed by atoms with Crippen LogP contribution in [0.4, 0.5) is 0 Å². The predicted molar refractivity (Wildman–Crippen MR) is 138 cm³/mol. The summed E-state index contributed by atoms with van der Waals surface area (Å²) in [5, 5.41) is 11.0. The molecule has 0 bridgehead atoms. The third-order valence-electron chi connectivity index (χ3n) is 8.52. The van der Waals surface area contributed by atoms with Gasteiger partial charge in [-0.15, -0.1) is 0 Å². The monoisotopic (exact) mass is 501 g/mol. The number of β-amino-alcohol motifs (C(OH)–C–C–N with tert-alkyl or cyclic N) is 1. The third kappa shape index (κ3) is 8.28. The minimum atomic E-state index is -3.50. The smallest absolute Gasteiger partial charge is 0.333 e. The van der Waals surface area contributed by atoms with Crippen LogP contribution >= 0.6 is 7.60 Å². The Hall–Kier alpha value is 0.0300. The van der Waals surface area contributed by atoms with Gasteiger partial charge in [-0.25, -0.2) is 0 Å². The molecule has 1 N–H and O–H groups in total. The minimum Gasteiger partial charge on any atom is -0.391 e. The zero-order valence-corrected chi connectivity index (χ0v) is 23.6. The fraction of sp³-hybridized carbons (Fsp3) is 1.00. The molecule has 7 heteroatoms. The fourth-order valence-electron chi connectivity index (χ4n) is 6.39. The van der Waals surface area contributed by atoms with Crippen molar-refractivity contribution in [3.63, 3.8) is 0 Å². The van der Waals surface area contributed by atoms with E-state index in [0.717, 1.165) is 38.8 Å². The van der Waals surface area contributed by atoms with E-state index in [1.807, 2.05) is 0 Å². The summed E-state index contributed by atoms with van der Waals surface area (Å²) in [6.07, 6.45) is 5.66. The topological polar surface area (TPSA) is 68.2 Å². The molecule has 2 saturated carbocycles. The van der Waals surface area contributed by atoms with E-state index >= 15 is 0 Å². The number of nitrogens with zero attached hydrogens (tertiary/aromatic N) is 1. The number of rotatable bonds is 10. The van der Waals surface area contributed by atoms with Crippen molar-refractivity contribution >= 4 is 7.60 Å². The minimum absolute atomic E-state index is 0.0660. The summed E-state index contributed by atoms with van der Waals surface area (Å²) in [6, 6.07) is 0. The second-order valence-corrected chi connectivity index (χ2v) is 14.3. The fourth-order valence-corrected chi connectivity index (χ4v) is 8.56. The molecule has 1 saturated heterocycles. The number of hydrogen-bond donors (Lipinski definition) is 1. The highest BCUT2D eigenvalue weighted by Gasteiger charge is 2.43. The maximum absolute atomic E-state index is 14.5. The molecule has 0 spiro atoms. The van der Waals surface area contributed by atoms with Gasteiger partial charge in [0.25, 0.3) is 0 Å². The Balaban J connectivity index is 1.78. The molecule has 0 aromatic rings. The van der Waals surface area contributed by atoms with Crippen LogP contribution in [0, 0.1) is 35.5 Å². The molecule has 1 unspecified atom stereocenters. The zero-order chi connectivity index (χ0) is 24.9. The lowest BCUT2D eigenvalue weighted by Crippen LogP contribution is -2.42. The third-order valence-corrected chi connectivity index (χ3v) is 10.6. The second kappa shape index (κ2) is 13.0. The van der Waals surface area contributed by atoms with Gasteiger partial charge >= 0.3 is 7.60 Å². The standard InChI is InChI=1S/C27H52NO5P/c1-19(2)24-9-7-21(5)15-26(24)32-34(30,18-23(29)17-28-11-13-31-14-12-28)33-27-16-22(6)8-10-25(27)20(3)4/h19-27,29H,7-18H2,1-6H3/t21-,22+,23-,24-,25-,26-,27-,34?/m1/s1. The lowest BCUT2D eigenvalue weighted by molar-refractivity contribution is -0.00900. The lowest BCUT2D eigenvalue weighted by Gasteiger charge is -2.42. The first-order chi connectivity index (χ1) is 16.1. The van der Waals surface area contributed by atoms with E-state index in [2.05, 4.69) is 46.4 Å². The number of aliphatic hydroxyl groups is 1. The molecule has 0 aromatic carbocycles. The quantitative estimate of drug-likeness (QED) is 0.380. The molecule has 0 radical (unpaired) electrons. The molecular formula is C27H52NO5P. The van der Waals surface area contributed by atoms with Gasteiger partial charge in [0.2, 0.25) is 0 Å². The maximum atomic E-state index is 14.5. The Morgan fingerprint density at radius 1 is 0.882 bits per heavy atom. The summed E-state index contributed by atoms with van der Waals surface area (Å²) in [5.74, 6) is 2.84. The van der Waals surface area contributed by atoms with Crippen LogP contribution in [0.2, 0.25) is 0 Å².